The molecule has 0 atom stereocenters. The van der Waals surface area contributed by atoms with Crippen LogP contribution in [0, 0.1) is 0 Å². The van der Waals surface area contributed by atoms with E-state index in [1.807, 2.05) is 17.6 Å². The topological polar surface area (TPSA) is 58.4 Å². The summed E-state index contributed by atoms with van der Waals surface area (Å²) >= 11 is 0. The van der Waals surface area contributed by atoms with Gasteiger partial charge in [-0.3, -0.25) is 4.40 Å². The number of nitrogens with one attached hydrogen (secondary N) is 1. The van der Waals surface area contributed by atoms with Crippen LogP contribution < -0.4 is 10.2 Å². The van der Waals surface area contributed by atoms with Gasteiger partial charge >= 0.3 is 0 Å². The van der Waals surface area contributed by atoms with E-state index >= 15 is 0 Å². The van der Waals surface area contributed by atoms with Gasteiger partial charge in [0.2, 0.25) is 5.65 Å². The number of likely N-dealkylation sites (N-methyl/N-ethyl adjacent to an activating group) is 1. The van der Waals surface area contributed by atoms with Crippen LogP contribution in [0.1, 0.15) is 13.3 Å². The van der Waals surface area contributed by atoms with Crippen LogP contribution in [0.5, 0.6) is 0 Å². The Bertz CT molecular complexity index is 466. The zero-order valence-corrected chi connectivity index (χ0v) is 10.3. The van der Waals surface area contributed by atoms with Gasteiger partial charge in [-0.05, 0) is 13.5 Å². The first-order valence-corrected chi connectivity index (χ1v) is 5.90. The second-order valence-corrected chi connectivity index (χ2v) is 3.90. The van der Waals surface area contributed by atoms with Crippen LogP contribution >= 0.6 is 0 Å². The molecule has 0 spiro atoms. The molecule has 2 aromatic heterocycles. The molecule has 0 unspecified atom stereocenters. The molecule has 2 rings (SSSR count). The number of rotatable bonds is 6. The molecule has 0 aliphatic carbocycles. The number of aromatic nitrogens is 4. The molecule has 0 aromatic carbocycles. The Morgan fingerprint density at radius 2 is 2.29 bits per heavy atom. The summed E-state index contributed by atoms with van der Waals surface area (Å²) in [6.45, 7) is 4.98. The normalized spacial score (nSPS) is 10.9. The van der Waals surface area contributed by atoms with Crippen molar-refractivity contribution in [1.29, 1.82) is 0 Å². The van der Waals surface area contributed by atoms with Gasteiger partial charge in [-0.2, -0.15) is 0 Å². The molecule has 6 heteroatoms. The molecule has 17 heavy (non-hydrogen) atoms. The molecule has 2 heterocycles. The lowest BCUT2D eigenvalue weighted by atomic mass is 10.4. The zero-order chi connectivity index (χ0) is 12.1. The Hall–Kier alpha value is -1.69. The van der Waals surface area contributed by atoms with Crippen LogP contribution in [-0.2, 0) is 0 Å². The number of hydrogen-bond donors (Lipinski definition) is 1. The smallest absolute Gasteiger partial charge is 0.203 e. The van der Waals surface area contributed by atoms with E-state index in [-0.39, 0.29) is 0 Å². The van der Waals surface area contributed by atoms with Gasteiger partial charge in [0, 0.05) is 32.0 Å². The van der Waals surface area contributed by atoms with Gasteiger partial charge in [0.1, 0.15) is 6.33 Å². The molecule has 0 bridgehead atoms. The fourth-order valence-corrected chi connectivity index (χ4v) is 1.81. The summed E-state index contributed by atoms with van der Waals surface area (Å²) in [7, 11) is 1.95. The molecule has 0 saturated heterocycles. The minimum absolute atomic E-state index is 0.817. The molecule has 92 valence electrons. The van der Waals surface area contributed by atoms with Gasteiger partial charge < -0.3 is 10.2 Å². The molecule has 0 aliphatic heterocycles. The van der Waals surface area contributed by atoms with Crippen LogP contribution in [0.3, 0.4) is 0 Å². The highest BCUT2D eigenvalue weighted by atomic mass is 15.3. The lowest BCUT2D eigenvalue weighted by Crippen LogP contribution is -2.32. The lowest BCUT2D eigenvalue weighted by Gasteiger charge is -2.22. The van der Waals surface area contributed by atoms with Crippen molar-refractivity contribution in [2.45, 2.75) is 13.3 Å². The fourth-order valence-electron chi connectivity index (χ4n) is 1.81. The highest BCUT2D eigenvalue weighted by Crippen LogP contribution is 2.15. The molecule has 2 aromatic rings. The zero-order valence-electron chi connectivity index (χ0n) is 10.3. The standard InChI is InChI=1S/C11H18N6/c1-3-6-16(7-4-12-2)10-11-15-14-9-17(11)8-5-13-10/h5,8-9,12H,3-4,6-7H2,1-2H3. The van der Waals surface area contributed by atoms with Crippen molar-refractivity contribution < 1.29 is 0 Å². The maximum absolute atomic E-state index is 4.43. The summed E-state index contributed by atoms with van der Waals surface area (Å²) in [5.41, 5.74) is 0.817. The maximum atomic E-state index is 4.43. The molecular formula is C11H18N6. The average Bonchev–Trinajstić information content (AvgIpc) is 2.82. The summed E-state index contributed by atoms with van der Waals surface area (Å²) < 4.78 is 1.89. The van der Waals surface area contributed by atoms with Crippen molar-refractivity contribution in [3.63, 3.8) is 0 Å². The van der Waals surface area contributed by atoms with Crippen molar-refractivity contribution in [2.24, 2.45) is 0 Å². The lowest BCUT2D eigenvalue weighted by molar-refractivity contribution is 0.702. The van der Waals surface area contributed by atoms with Crippen molar-refractivity contribution in [1.82, 2.24) is 24.9 Å². The molecule has 0 fully saturated rings. The van der Waals surface area contributed by atoms with E-state index in [1.165, 1.54) is 0 Å². The molecule has 0 radical (unpaired) electrons. The van der Waals surface area contributed by atoms with Crippen LogP contribution in [0.15, 0.2) is 18.7 Å². The predicted molar refractivity (Wildman–Crippen MR) is 67.2 cm³/mol. The van der Waals surface area contributed by atoms with Crippen molar-refractivity contribution in [3.8, 4) is 0 Å². The average molecular weight is 234 g/mol. The van der Waals surface area contributed by atoms with E-state index < -0.39 is 0 Å². The summed E-state index contributed by atoms with van der Waals surface area (Å²) in [5, 5.41) is 11.2. The third kappa shape index (κ3) is 2.52. The number of hydrogen-bond acceptors (Lipinski definition) is 5. The molecule has 6 nitrogen and oxygen atoms in total. The van der Waals surface area contributed by atoms with E-state index in [2.05, 4.69) is 32.3 Å². The van der Waals surface area contributed by atoms with Gasteiger partial charge in [-0.15, -0.1) is 10.2 Å². The Morgan fingerprint density at radius 3 is 3.06 bits per heavy atom. The van der Waals surface area contributed by atoms with Gasteiger partial charge in [0.05, 0.1) is 0 Å². The largest absolute Gasteiger partial charge is 0.352 e. The molecule has 0 aliphatic rings. The third-order valence-electron chi connectivity index (χ3n) is 2.62. The van der Waals surface area contributed by atoms with E-state index in [9.17, 15) is 0 Å². The molecule has 0 saturated carbocycles. The number of nitrogens with zero attached hydrogens (tertiary/aromatic N) is 5. The van der Waals surface area contributed by atoms with Crippen molar-refractivity contribution in [3.05, 3.63) is 18.7 Å². The molecule has 1 N–H and O–H groups in total. The van der Waals surface area contributed by atoms with Crippen LogP contribution in [0.2, 0.25) is 0 Å². The number of anilines is 1. The minimum atomic E-state index is 0.817. The van der Waals surface area contributed by atoms with Gasteiger partial charge in [0.25, 0.3) is 0 Å². The fraction of sp³-hybridized carbons (Fsp3) is 0.545. The van der Waals surface area contributed by atoms with E-state index in [4.69, 9.17) is 0 Å². The molecule has 0 amide bonds. The third-order valence-corrected chi connectivity index (χ3v) is 2.62. The SMILES string of the molecule is CCCN(CCNC)c1nccn2cnnc12. The van der Waals surface area contributed by atoms with E-state index in [0.29, 0.717) is 0 Å². The first-order valence-electron chi connectivity index (χ1n) is 5.90. The minimum Gasteiger partial charge on any atom is -0.352 e. The quantitative estimate of drug-likeness (QED) is 0.791. The summed E-state index contributed by atoms with van der Waals surface area (Å²) in [6, 6.07) is 0. The van der Waals surface area contributed by atoms with Gasteiger partial charge in [0.15, 0.2) is 5.82 Å². The van der Waals surface area contributed by atoms with Gasteiger partial charge in [-0.1, -0.05) is 6.92 Å². The van der Waals surface area contributed by atoms with Crippen molar-refractivity contribution >= 4 is 11.5 Å². The predicted octanol–water partition coefficient (Wildman–Crippen LogP) is 0.560. The van der Waals surface area contributed by atoms with E-state index in [0.717, 1.165) is 37.5 Å². The maximum Gasteiger partial charge on any atom is 0.203 e. The highest BCUT2D eigenvalue weighted by molar-refractivity contribution is 5.63. The van der Waals surface area contributed by atoms with Crippen LogP contribution in [0.25, 0.3) is 5.65 Å². The van der Waals surface area contributed by atoms with Crippen LogP contribution in [-0.4, -0.2) is 46.3 Å². The summed E-state index contributed by atoms with van der Waals surface area (Å²) in [4.78, 5) is 6.66. The second kappa shape index (κ2) is 5.58. The Labute approximate surface area is 101 Å². The number of fused-ring (bicyclic) bond motifs is 1. The van der Waals surface area contributed by atoms with Crippen molar-refractivity contribution in [2.75, 3.05) is 31.6 Å². The first kappa shape index (κ1) is 11.8. The Kier molecular flexibility index (Phi) is 3.87. The van der Waals surface area contributed by atoms with Gasteiger partial charge in [-0.25, -0.2) is 4.98 Å². The van der Waals surface area contributed by atoms with Crippen LogP contribution in [0.4, 0.5) is 5.82 Å². The summed E-state index contributed by atoms with van der Waals surface area (Å²) in [6.07, 6.45) is 6.43. The first-order chi connectivity index (χ1) is 8.36. The Morgan fingerprint density at radius 1 is 1.41 bits per heavy atom. The second-order valence-electron chi connectivity index (χ2n) is 3.90. The van der Waals surface area contributed by atoms with E-state index in [1.54, 1.807) is 12.5 Å². The highest BCUT2D eigenvalue weighted by Gasteiger charge is 2.12. The monoisotopic (exact) mass is 234 g/mol. The Balaban J connectivity index is 2.30. The molecular weight excluding hydrogens is 216 g/mol. The summed E-state index contributed by atoms with van der Waals surface area (Å²) in [5.74, 6) is 0.905.